The van der Waals surface area contributed by atoms with Crippen molar-refractivity contribution in [3.05, 3.63) is 63.1 Å². The molecule has 2 rings (SSSR count). The molecule has 0 radical (unpaired) electrons. The highest BCUT2D eigenvalue weighted by Gasteiger charge is 2.29. The van der Waals surface area contributed by atoms with Crippen LogP contribution >= 0.6 is 23.2 Å². The lowest BCUT2D eigenvalue weighted by molar-refractivity contribution is -0.151. The van der Waals surface area contributed by atoms with Gasteiger partial charge in [-0.3, -0.25) is 4.79 Å². The molecule has 0 atom stereocenters. The van der Waals surface area contributed by atoms with Crippen molar-refractivity contribution < 1.29 is 14.3 Å². The second-order valence-electron chi connectivity index (χ2n) is 5.44. The van der Waals surface area contributed by atoms with Crippen molar-refractivity contribution in [2.75, 3.05) is 12.1 Å². The first-order valence-electron chi connectivity index (χ1n) is 7.69. The Labute approximate surface area is 170 Å². The summed E-state index contributed by atoms with van der Waals surface area (Å²) in [7, 11) is 1.03. The summed E-state index contributed by atoms with van der Waals surface area (Å²) in [6.07, 6.45) is 0. The number of esters is 1. The molecule has 0 fully saturated rings. The third-order valence-electron chi connectivity index (χ3n) is 3.52. The van der Waals surface area contributed by atoms with E-state index in [9.17, 15) is 14.9 Å². The van der Waals surface area contributed by atoms with Crippen molar-refractivity contribution in [1.82, 2.24) is 0 Å². The smallest absolute Gasteiger partial charge is 0.399 e. The third kappa shape index (κ3) is 4.47. The van der Waals surface area contributed by atoms with E-state index >= 15 is 0 Å². The monoisotopic (exact) mass is 414 g/mol. The lowest BCUT2D eigenvalue weighted by Gasteiger charge is -2.19. The lowest BCUT2D eigenvalue weighted by Crippen LogP contribution is -2.34. The van der Waals surface area contributed by atoms with Crippen molar-refractivity contribution in [1.29, 1.82) is 10.5 Å². The van der Waals surface area contributed by atoms with Gasteiger partial charge in [-0.1, -0.05) is 35.3 Å². The van der Waals surface area contributed by atoms with Gasteiger partial charge in [0.15, 0.2) is 5.71 Å². The molecule has 2 aromatic rings. The minimum Gasteiger partial charge on any atom is -0.462 e. The van der Waals surface area contributed by atoms with Crippen LogP contribution < -0.4 is 5.01 Å². The number of aryl methyl sites for hydroxylation is 1. The van der Waals surface area contributed by atoms with Gasteiger partial charge >= 0.3 is 11.9 Å². The number of rotatable bonds is 3. The number of nitrogens with zero attached hydrogens (tertiary/aromatic N) is 4. The summed E-state index contributed by atoms with van der Waals surface area (Å²) in [6.45, 7) is 1.74. The zero-order valence-corrected chi connectivity index (χ0v) is 16.2. The predicted molar refractivity (Wildman–Crippen MR) is 104 cm³/mol. The van der Waals surface area contributed by atoms with Gasteiger partial charge in [-0.25, -0.2) is 4.79 Å². The van der Waals surface area contributed by atoms with Gasteiger partial charge in [0, 0.05) is 5.56 Å². The zero-order valence-electron chi connectivity index (χ0n) is 14.7. The lowest BCUT2D eigenvalue weighted by atomic mass is 10.1. The van der Waals surface area contributed by atoms with Crippen LogP contribution in [0.15, 0.2) is 41.5 Å². The van der Waals surface area contributed by atoms with Gasteiger partial charge in [0.1, 0.15) is 11.8 Å². The summed E-state index contributed by atoms with van der Waals surface area (Å²) in [6, 6.07) is 12.8. The van der Waals surface area contributed by atoms with Crippen LogP contribution in [0.3, 0.4) is 0 Å². The summed E-state index contributed by atoms with van der Waals surface area (Å²) in [5, 5.41) is 23.1. The minimum absolute atomic E-state index is 0.0584. The molecule has 28 heavy (non-hydrogen) atoms. The molecule has 0 aliphatic carbocycles. The highest BCUT2D eigenvalue weighted by molar-refractivity contribution is 6.44. The van der Waals surface area contributed by atoms with Crippen molar-refractivity contribution in [2.45, 2.75) is 6.92 Å². The minimum atomic E-state index is -1.21. The number of carbonyl (C=O) groups is 2. The summed E-state index contributed by atoms with van der Waals surface area (Å²) < 4.78 is 4.46. The van der Waals surface area contributed by atoms with Gasteiger partial charge in [0.05, 0.1) is 28.8 Å². The zero-order chi connectivity index (χ0) is 20.8. The van der Waals surface area contributed by atoms with E-state index in [0.717, 1.165) is 12.7 Å². The fraction of sp³-hybridized carbons (Fsp3) is 0.105. The Morgan fingerprint density at radius 3 is 2.14 bits per heavy atom. The molecule has 9 heteroatoms. The van der Waals surface area contributed by atoms with Crippen molar-refractivity contribution in [2.24, 2.45) is 5.10 Å². The van der Waals surface area contributed by atoms with Crippen LogP contribution in [0, 0.1) is 29.6 Å². The van der Waals surface area contributed by atoms with E-state index in [1.165, 1.54) is 36.4 Å². The van der Waals surface area contributed by atoms with E-state index < -0.39 is 11.9 Å². The maximum atomic E-state index is 12.5. The Hall–Kier alpha value is -3.39. The third-order valence-corrected chi connectivity index (χ3v) is 4.09. The van der Waals surface area contributed by atoms with E-state index in [2.05, 4.69) is 9.84 Å². The number of methoxy groups -OCH3 is 1. The molecule has 1 amide bonds. The fourth-order valence-electron chi connectivity index (χ4n) is 2.21. The molecule has 140 valence electrons. The highest BCUT2D eigenvalue weighted by atomic mass is 35.5. The SMILES string of the molecule is COC(=O)C(=O)N(/N=C(/C#N)c1ccc(C#N)cc1)c1c(Cl)cc(C)cc1Cl. The molecular formula is C19H12Cl2N4O3. The molecule has 0 aliphatic rings. The van der Waals surface area contributed by atoms with E-state index in [4.69, 9.17) is 28.5 Å². The number of halogens is 2. The van der Waals surface area contributed by atoms with Gasteiger partial charge in [-0.2, -0.15) is 20.6 Å². The molecule has 7 nitrogen and oxygen atoms in total. The Morgan fingerprint density at radius 2 is 1.68 bits per heavy atom. The van der Waals surface area contributed by atoms with Crippen molar-refractivity contribution in [3.8, 4) is 12.1 Å². The molecule has 2 aromatic carbocycles. The van der Waals surface area contributed by atoms with E-state index in [1.807, 2.05) is 12.1 Å². The quantitative estimate of drug-likeness (QED) is 0.330. The Balaban J connectivity index is 2.66. The van der Waals surface area contributed by atoms with Gasteiger partial charge < -0.3 is 4.74 Å². The van der Waals surface area contributed by atoms with Gasteiger partial charge in [0.2, 0.25) is 0 Å². The molecular weight excluding hydrogens is 403 g/mol. The number of anilines is 1. The Bertz CT molecular complexity index is 1030. The van der Waals surface area contributed by atoms with Crippen LogP contribution in [-0.2, 0) is 14.3 Å². The molecule has 0 aromatic heterocycles. The van der Waals surface area contributed by atoms with Crippen LogP contribution in [0.2, 0.25) is 10.0 Å². The topological polar surface area (TPSA) is 107 Å². The Kier molecular flexibility index (Phi) is 6.73. The fourth-order valence-corrected chi connectivity index (χ4v) is 2.97. The first kappa shape index (κ1) is 20.9. The maximum Gasteiger partial charge on any atom is 0.399 e. The number of hydrazone groups is 1. The number of ether oxygens (including phenoxy) is 1. The first-order chi connectivity index (χ1) is 13.3. The first-order valence-corrected chi connectivity index (χ1v) is 8.45. The van der Waals surface area contributed by atoms with Gasteiger partial charge in [-0.15, -0.1) is 0 Å². The average molecular weight is 415 g/mol. The van der Waals surface area contributed by atoms with Gasteiger partial charge in [0.25, 0.3) is 0 Å². The second kappa shape index (κ2) is 9.01. The summed E-state index contributed by atoms with van der Waals surface area (Å²) in [5.41, 5.74) is 1.16. The molecule has 0 unspecified atom stereocenters. The second-order valence-corrected chi connectivity index (χ2v) is 6.25. The van der Waals surface area contributed by atoms with Crippen LogP contribution in [-0.4, -0.2) is 24.7 Å². The molecule has 0 saturated carbocycles. The van der Waals surface area contributed by atoms with Gasteiger partial charge in [-0.05, 0) is 36.8 Å². The van der Waals surface area contributed by atoms with E-state index in [1.54, 1.807) is 6.92 Å². The predicted octanol–water partition coefficient (Wildman–Crippen LogP) is 3.61. The van der Waals surface area contributed by atoms with Crippen molar-refractivity contribution in [3.63, 3.8) is 0 Å². The van der Waals surface area contributed by atoms with E-state index in [0.29, 0.717) is 16.1 Å². The number of hydrogen-bond acceptors (Lipinski definition) is 6. The van der Waals surface area contributed by atoms with Crippen molar-refractivity contribution >= 4 is 46.5 Å². The Morgan fingerprint density at radius 1 is 1.11 bits per heavy atom. The number of nitriles is 2. The maximum absolute atomic E-state index is 12.5. The normalized spacial score (nSPS) is 10.6. The van der Waals surface area contributed by atoms with Crippen LogP contribution in [0.5, 0.6) is 0 Å². The number of hydrogen-bond donors (Lipinski definition) is 0. The molecule has 0 heterocycles. The van der Waals surface area contributed by atoms with Crippen LogP contribution in [0.1, 0.15) is 16.7 Å². The summed E-state index contributed by atoms with van der Waals surface area (Å²) >= 11 is 12.4. The summed E-state index contributed by atoms with van der Waals surface area (Å²) in [4.78, 5) is 24.3. The summed E-state index contributed by atoms with van der Waals surface area (Å²) in [5.74, 6) is -2.40. The molecule has 0 saturated heterocycles. The number of amides is 1. The van der Waals surface area contributed by atoms with Crippen LogP contribution in [0.25, 0.3) is 0 Å². The highest BCUT2D eigenvalue weighted by Crippen LogP contribution is 2.35. The molecule has 0 aliphatic heterocycles. The molecule has 0 spiro atoms. The largest absolute Gasteiger partial charge is 0.462 e. The molecule has 0 N–H and O–H groups in total. The van der Waals surface area contributed by atoms with Crippen LogP contribution in [0.4, 0.5) is 5.69 Å². The molecule has 0 bridgehead atoms. The average Bonchev–Trinajstić information content (AvgIpc) is 2.68. The number of carbonyl (C=O) groups excluding carboxylic acids is 2. The number of benzene rings is 2. The standard InChI is InChI=1S/C19H12Cl2N4O3/c1-11-7-14(20)17(15(21)8-11)25(18(26)19(27)28-2)24-16(10-23)13-5-3-12(9-22)4-6-13/h3-8H,1-2H3/b24-16-. The van der Waals surface area contributed by atoms with E-state index in [-0.39, 0.29) is 21.4 Å².